The van der Waals surface area contributed by atoms with Crippen molar-refractivity contribution in [1.82, 2.24) is 0 Å². The lowest BCUT2D eigenvalue weighted by Crippen LogP contribution is -2.15. The van der Waals surface area contributed by atoms with Gasteiger partial charge in [-0.3, -0.25) is 4.79 Å². The van der Waals surface area contributed by atoms with Crippen molar-refractivity contribution in [1.29, 1.82) is 0 Å². The van der Waals surface area contributed by atoms with E-state index in [1.165, 1.54) is 16.7 Å². The maximum absolute atomic E-state index is 10.8. The van der Waals surface area contributed by atoms with Gasteiger partial charge in [0.2, 0.25) is 6.41 Å². The number of nitrogens with zero attached hydrogens (tertiary/aromatic N) is 1. The van der Waals surface area contributed by atoms with Gasteiger partial charge in [0.05, 0.1) is 0 Å². The quantitative estimate of drug-likeness (QED) is 0.799. The van der Waals surface area contributed by atoms with Crippen molar-refractivity contribution in [2.75, 3.05) is 0 Å². The summed E-state index contributed by atoms with van der Waals surface area (Å²) in [5, 5.41) is 0. The van der Waals surface area contributed by atoms with Crippen molar-refractivity contribution in [3.8, 4) is 5.75 Å². The Morgan fingerprint density at radius 2 is 1.75 bits per heavy atom. The molecular formula is C21H21NO2. The van der Waals surface area contributed by atoms with Crippen molar-refractivity contribution >= 4 is 12.1 Å². The monoisotopic (exact) mass is 319 g/mol. The van der Waals surface area contributed by atoms with Gasteiger partial charge in [0.1, 0.15) is 12.4 Å². The first kappa shape index (κ1) is 15.1. The van der Waals surface area contributed by atoms with Gasteiger partial charge in [-0.05, 0) is 54.5 Å². The van der Waals surface area contributed by atoms with Gasteiger partial charge in [-0.25, -0.2) is 4.99 Å². The fourth-order valence-corrected chi connectivity index (χ4v) is 4.07. The number of aliphatic imine (C=N–C) groups is 1. The number of benzene rings is 2. The molecule has 3 heteroatoms. The smallest absolute Gasteiger partial charge is 0.232 e. The lowest BCUT2D eigenvalue weighted by atomic mass is 9.93. The van der Waals surface area contributed by atoms with Gasteiger partial charge < -0.3 is 4.74 Å². The van der Waals surface area contributed by atoms with E-state index < -0.39 is 0 Å². The molecule has 0 unspecified atom stereocenters. The third kappa shape index (κ3) is 2.99. The van der Waals surface area contributed by atoms with Gasteiger partial charge in [-0.15, -0.1) is 0 Å². The number of fused-ring (bicyclic) bond motifs is 3. The van der Waals surface area contributed by atoms with E-state index in [4.69, 9.17) is 4.74 Å². The summed E-state index contributed by atoms with van der Waals surface area (Å²) in [4.78, 5) is 15.0. The molecule has 1 amide bonds. The average Bonchev–Trinajstić information content (AvgIpc) is 2.89. The molecule has 122 valence electrons. The number of ether oxygens (including phenoxy) is 1. The highest BCUT2D eigenvalue weighted by Gasteiger charge is 2.35. The summed E-state index contributed by atoms with van der Waals surface area (Å²) in [6.07, 6.45) is 4.98. The zero-order valence-corrected chi connectivity index (χ0v) is 13.7. The van der Waals surface area contributed by atoms with Gasteiger partial charge in [0.25, 0.3) is 0 Å². The molecule has 2 aliphatic rings. The normalized spacial score (nSPS) is 23.6. The zero-order chi connectivity index (χ0) is 16.4. The SMILES string of the molecule is O=CN=C1[C@@H]2CC[C@H]1Cc1ccc(OCc3ccccc3)cc1C2. The van der Waals surface area contributed by atoms with Crippen LogP contribution in [0, 0.1) is 11.8 Å². The number of amides is 1. The molecule has 2 bridgehead atoms. The summed E-state index contributed by atoms with van der Waals surface area (Å²) in [6.45, 7) is 0.587. The van der Waals surface area contributed by atoms with Crippen LogP contribution in [0.5, 0.6) is 5.75 Å². The van der Waals surface area contributed by atoms with Crippen molar-refractivity contribution in [2.24, 2.45) is 16.8 Å². The highest BCUT2D eigenvalue weighted by atomic mass is 16.5. The molecule has 0 radical (unpaired) electrons. The summed E-state index contributed by atoms with van der Waals surface area (Å²) in [6, 6.07) is 16.7. The molecule has 0 saturated heterocycles. The third-order valence-corrected chi connectivity index (χ3v) is 5.26. The zero-order valence-electron chi connectivity index (χ0n) is 13.7. The minimum absolute atomic E-state index is 0.422. The molecule has 0 N–H and O–H groups in total. The van der Waals surface area contributed by atoms with Crippen LogP contribution in [-0.4, -0.2) is 12.1 Å². The van der Waals surface area contributed by atoms with Gasteiger partial charge in [-0.1, -0.05) is 36.4 Å². The van der Waals surface area contributed by atoms with E-state index in [1.807, 2.05) is 18.2 Å². The standard InChI is InChI=1S/C21H21NO2/c23-14-22-21-17-6-7-18(21)11-19-12-20(9-8-16(19)10-17)24-13-15-4-2-1-3-5-15/h1-5,8-9,12,14,17-18H,6-7,10-11,13H2/t17-,18+/m0/s1. The van der Waals surface area contributed by atoms with Crippen molar-refractivity contribution in [3.63, 3.8) is 0 Å². The lowest BCUT2D eigenvalue weighted by Gasteiger charge is -2.14. The van der Waals surface area contributed by atoms with Crippen molar-refractivity contribution in [2.45, 2.75) is 32.3 Å². The van der Waals surface area contributed by atoms with Gasteiger partial charge in [0, 0.05) is 17.5 Å². The van der Waals surface area contributed by atoms with E-state index in [1.54, 1.807) is 0 Å². The largest absolute Gasteiger partial charge is 0.489 e. The number of carbonyl (C=O) groups is 1. The summed E-state index contributed by atoms with van der Waals surface area (Å²) in [5.41, 5.74) is 5.03. The molecule has 2 aliphatic carbocycles. The fourth-order valence-electron chi connectivity index (χ4n) is 4.07. The van der Waals surface area contributed by atoms with E-state index in [0.29, 0.717) is 24.9 Å². The second-order valence-electron chi connectivity index (χ2n) is 6.74. The second kappa shape index (κ2) is 6.60. The van der Waals surface area contributed by atoms with E-state index in [9.17, 15) is 4.79 Å². The predicted molar refractivity (Wildman–Crippen MR) is 94.3 cm³/mol. The Balaban J connectivity index is 1.53. The van der Waals surface area contributed by atoms with E-state index >= 15 is 0 Å². The first-order chi connectivity index (χ1) is 11.8. The first-order valence-electron chi connectivity index (χ1n) is 8.63. The Morgan fingerprint density at radius 3 is 2.50 bits per heavy atom. The first-order valence-corrected chi connectivity index (χ1v) is 8.63. The summed E-state index contributed by atoms with van der Waals surface area (Å²) in [7, 11) is 0. The van der Waals surface area contributed by atoms with Crippen LogP contribution >= 0.6 is 0 Å². The molecule has 3 nitrogen and oxygen atoms in total. The van der Waals surface area contributed by atoms with Crippen LogP contribution in [0.15, 0.2) is 53.5 Å². The Bertz CT molecular complexity index is 767. The Labute approximate surface area is 142 Å². The van der Waals surface area contributed by atoms with Gasteiger partial charge in [0.15, 0.2) is 0 Å². The minimum Gasteiger partial charge on any atom is -0.489 e. The summed E-state index contributed by atoms with van der Waals surface area (Å²) < 4.78 is 5.97. The molecule has 2 atom stereocenters. The third-order valence-electron chi connectivity index (χ3n) is 5.26. The average molecular weight is 319 g/mol. The van der Waals surface area contributed by atoms with E-state index in [-0.39, 0.29) is 0 Å². The molecule has 0 spiro atoms. The van der Waals surface area contributed by atoms with Crippen molar-refractivity contribution in [3.05, 3.63) is 65.2 Å². The predicted octanol–water partition coefficient (Wildman–Crippen LogP) is 3.99. The minimum atomic E-state index is 0.422. The molecule has 2 aromatic carbocycles. The highest BCUT2D eigenvalue weighted by Crippen LogP contribution is 2.38. The summed E-state index contributed by atoms with van der Waals surface area (Å²) >= 11 is 0. The van der Waals surface area contributed by atoms with Gasteiger partial charge >= 0.3 is 0 Å². The molecule has 0 heterocycles. The molecule has 4 rings (SSSR count). The maximum atomic E-state index is 10.8. The number of hydrogen-bond acceptors (Lipinski definition) is 2. The van der Waals surface area contributed by atoms with Crippen LogP contribution in [0.1, 0.15) is 29.5 Å². The molecule has 0 aliphatic heterocycles. The van der Waals surface area contributed by atoms with Crippen LogP contribution in [0.3, 0.4) is 0 Å². The fraction of sp³-hybridized carbons (Fsp3) is 0.333. The molecular weight excluding hydrogens is 298 g/mol. The van der Waals surface area contributed by atoms with Crippen molar-refractivity contribution < 1.29 is 9.53 Å². The molecule has 1 fully saturated rings. The Kier molecular flexibility index (Phi) is 4.16. The van der Waals surface area contributed by atoms with E-state index in [0.717, 1.165) is 37.1 Å². The maximum Gasteiger partial charge on any atom is 0.232 e. The molecule has 2 aromatic rings. The number of carbonyl (C=O) groups excluding carboxylic acids is 1. The number of rotatable bonds is 4. The Hall–Kier alpha value is -2.42. The Morgan fingerprint density at radius 1 is 1.00 bits per heavy atom. The van der Waals surface area contributed by atoms with Crippen LogP contribution < -0.4 is 4.74 Å². The highest BCUT2D eigenvalue weighted by molar-refractivity contribution is 5.95. The second-order valence-corrected chi connectivity index (χ2v) is 6.74. The number of hydrogen-bond donors (Lipinski definition) is 0. The van der Waals surface area contributed by atoms with Crippen LogP contribution in [-0.2, 0) is 24.2 Å². The van der Waals surface area contributed by atoms with Crippen LogP contribution in [0.25, 0.3) is 0 Å². The van der Waals surface area contributed by atoms with E-state index in [2.05, 4.69) is 35.3 Å². The molecule has 24 heavy (non-hydrogen) atoms. The van der Waals surface area contributed by atoms with Crippen LogP contribution in [0.2, 0.25) is 0 Å². The molecule has 1 saturated carbocycles. The van der Waals surface area contributed by atoms with Gasteiger partial charge in [-0.2, -0.15) is 0 Å². The van der Waals surface area contributed by atoms with Crippen LogP contribution in [0.4, 0.5) is 0 Å². The summed E-state index contributed by atoms with van der Waals surface area (Å²) in [5.74, 6) is 1.78. The topological polar surface area (TPSA) is 38.7 Å². The lowest BCUT2D eigenvalue weighted by molar-refractivity contribution is -0.106. The molecule has 0 aromatic heterocycles.